The van der Waals surface area contributed by atoms with E-state index in [2.05, 4.69) is 10.0 Å². The molecule has 6 rings (SSSR count). The monoisotopic (exact) mass is 461 g/mol. The maximum absolute atomic E-state index is 14.8. The molecule has 3 aliphatic rings. The number of halogens is 1. The highest BCUT2D eigenvalue weighted by atomic mass is 19.1. The van der Waals surface area contributed by atoms with Crippen molar-refractivity contribution in [1.82, 2.24) is 9.55 Å². The zero-order chi connectivity index (χ0) is 23.9. The minimum atomic E-state index is -1.93. The molecule has 2 atom stereocenters. The van der Waals surface area contributed by atoms with Crippen molar-refractivity contribution in [1.29, 1.82) is 0 Å². The van der Waals surface area contributed by atoms with Gasteiger partial charge in [-0.1, -0.05) is 12.0 Å². The van der Waals surface area contributed by atoms with Crippen LogP contribution in [0.25, 0.3) is 32.7 Å². The van der Waals surface area contributed by atoms with Crippen LogP contribution in [0.1, 0.15) is 59.2 Å². The minimum absolute atomic E-state index is 0.0395. The fourth-order valence-electron chi connectivity index (χ4n) is 5.71. The van der Waals surface area contributed by atoms with Crippen molar-refractivity contribution in [3.05, 3.63) is 72.1 Å². The Morgan fingerprint density at radius 1 is 1.35 bits per heavy atom. The fraction of sp³-hybridized carbons (Fsp3) is 0.375. The highest BCUT2D eigenvalue weighted by molar-refractivity contribution is 5.93. The van der Waals surface area contributed by atoms with E-state index < -0.39 is 17.6 Å². The van der Waals surface area contributed by atoms with Crippen molar-refractivity contribution in [3.63, 3.8) is 0 Å². The van der Waals surface area contributed by atoms with Gasteiger partial charge in [-0.2, -0.15) is 0 Å². The average molecular weight is 461 g/mol. The zero-order valence-electron chi connectivity index (χ0n) is 18.6. The van der Waals surface area contributed by atoms with E-state index in [9.17, 15) is 24.6 Å². The number of hydrogen-bond donors (Lipinski definition) is 1. The molecule has 0 bridgehead atoms. The lowest BCUT2D eigenvalue weighted by atomic mass is 9.82. The Hall–Kier alpha value is -3.75. The highest BCUT2D eigenvalue weighted by Gasteiger charge is 2.45. The van der Waals surface area contributed by atoms with Crippen LogP contribution in [-0.4, -0.2) is 20.6 Å². The molecule has 172 valence electrons. The summed E-state index contributed by atoms with van der Waals surface area (Å²) in [7, 11) is 0. The highest BCUT2D eigenvalue weighted by Crippen LogP contribution is 2.46. The van der Waals surface area contributed by atoms with Gasteiger partial charge < -0.3 is 14.4 Å². The van der Waals surface area contributed by atoms with Gasteiger partial charge in [-0.05, 0) is 54.5 Å². The van der Waals surface area contributed by atoms with Crippen LogP contribution >= 0.6 is 0 Å². The number of aryl methyl sites for hydroxylation is 1. The third kappa shape index (κ3) is 2.47. The number of fused-ring (bicyclic) bond motifs is 5. The lowest BCUT2D eigenvalue weighted by Crippen LogP contribution is -2.44. The number of nitrogens with zero attached hydrogens (tertiary/aromatic N) is 5. The van der Waals surface area contributed by atoms with Crippen LogP contribution in [-0.2, 0) is 34.7 Å². The fourth-order valence-corrected chi connectivity index (χ4v) is 5.71. The van der Waals surface area contributed by atoms with Crippen LogP contribution < -0.4 is 5.56 Å². The van der Waals surface area contributed by atoms with Crippen molar-refractivity contribution < 1.29 is 19.0 Å². The second-order valence-corrected chi connectivity index (χ2v) is 9.07. The number of benzene rings is 1. The molecule has 0 spiro atoms. The molecule has 2 aliphatic heterocycles. The van der Waals surface area contributed by atoms with E-state index in [0.717, 1.165) is 22.1 Å². The van der Waals surface area contributed by atoms with Gasteiger partial charge >= 0.3 is 5.97 Å². The maximum atomic E-state index is 14.8. The van der Waals surface area contributed by atoms with Gasteiger partial charge in [0.05, 0.1) is 35.1 Å². The summed E-state index contributed by atoms with van der Waals surface area (Å²) in [5.74, 6) is -1.16. The molecule has 0 unspecified atom stereocenters. The Balaban J connectivity index is 1.71. The van der Waals surface area contributed by atoms with Crippen molar-refractivity contribution >= 4 is 16.9 Å². The molecule has 0 amide bonds. The Morgan fingerprint density at radius 2 is 2.15 bits per heavy atom. The first kappa shape index (κ1) is 20.8. The summed E-state index contributed by atoms with van der Waals surface area (Å²) in [4.78, 5) is 33.6. The smallest absolute Gasteiger partial charge is 0.343 e. The Bertz CT molecular complexity index is 1570. The number of esters is 1. The predicted octanol–water partition coefficient (Wildman–Crippen LogP) is 3.82. The van der Waals surface area contributed by atoms with E-state index in [1.807, 2.05) is 0 Å². The molecule has 0 fully saturated rings. The average Bonchev–Trinajstić information content (AvgIpc) is 3.19. The molecular weight excluding hydrogens is 441 g/mol. The summed E-state index contributed by atoms with van der Waals surface area (Å²) in [6.07, 6.45) is 1.12. The van der Waals surface area contributed by atoms with Crippen molar-refractivity contribution in [2.24, 2.45) is 5.11 Å². The molecule has 4 heterocycles. The summed E-state index contributed by atoms with van der Waals surface area (Å²) in [5.41, 5.74) is 11.5. The second-order valence-electron chi connectivity index (χ2n) is 9.07. The topological polar surface area (TPSA) is 130 Å². The molecule has 1 aliphatic carbocycles. The number of carbonyl (C=O) groups excluding carboxylic acids is 1. The number of aliphatic hydroxyl groups is 1. The first-order valence-electron chi connectivity index (χ1n) is 11.2. The largest absolute Gasteiger partial charge is 0.458 e. The molecule has 0 radical (unpaired) electrons. The summed E-state index contributed by atoms with van der Waals surface area (Å²) in [6.45, 7) is 3.35. The van der Waals surface area contributed by atoms with Crippen LogP contribution in [0.2, 0.25) is 0 Å². The van der Waals surface area contributed by atoms with E-state index in [1.54, 1.807) is 19.9 Å². The van der Waals surface area contributed by atoms with Gasteiger partial charge in [-0.3, -0.25) is 4.79 Å². The van der Waals surface area contributed by atoms with E-state index >= 15 is 0 Å². The molecule has 0 saturated heterocycles. The Labute approximate surface area is 192 Å². The van der Waals surface area contributed by atoms with E-state index in [0.29, 0.717) is 35.3 Å². The van der Waals surface area contributed by atoms with Crippen LogP contribution in [0.5, 0.6) is 0 Å². The van der Waals surface area contributed by atoms with Gasteiger partial charge in [0.2, 0.25) is 0 Å². The predicted molar refractivity (Wildman–Crippen MR) is 119 cm³/mol. The van der Waals surface area contributed by atoms with Gasteiger partial charge in [0.25, 0.3) is 5.56 Å². The number of azide groups is 1. The minimum Gasteiger partial charge on any atom is -0.458 e. The van der Waals surface area contributed by atoms with Crippen LogP contribution in [0.3, 0.4) is 0 Å². The van der Waals surface area contributed by atoms with Gasteiger partial charge in [0.15, 0.2) is 5.60 Å². The first-order chi connectivity index (χ1) is 16.3. The lowest BCUT2D eigenvalue weighted by Gasteiger charge is -2.31. The Kier molecular flexibility index (Phi) is 4.21. The van der Waals surface area contributed by atoms with E-state index in [4.69, 9.17) is 9.72 Å². The van der Waals surface area contributed by atoms with Gasteiger partial charge in [0, 0.05) is 27.5 Å². The normalized spacial score (nSPS) is 22.0. The first-order valence-corrected chi connectivity index (χ1v) is 11.2. The summed E-state index contributed by atoms with van der Waals surface area (Å²) >= 11 is 0. The molecule has 2 aromatic heterocycles. The summed E-state index contributed by atoms with van der Waals surface area (Å²) < 4.78 is 21.4. The van der Waals surface area contributed by atoms with E-state index in [-0.39, 0.29) is 42.1 Å². The molecular formula is C24H20FN5O4. The van der Waals surface area contributed by atoms with Crippen molar-refractivity contribution in [2.45, 2.75) is 57.9 Å². The Morgan fingerprint density at radius 3 is 2.88 bits per heavy atom. The number of cyclic esters (lactones) is 1. The van der Waals surface area contributed by atoms with Gasteiger partial charge in [-0.25, -0.2) is 14.2 Å². The summed E-state index contributed by atoms with van der Waals surface area (Å²) in [5, 5.41) is 15.8. The molecule has 34 heavy (non-hydrogen) atoms. The SMILES string of the molecule is CC[C@@]1(O)C(=O)OCc2c1cc1n(c2=O)Cc2c-1nc1cc(F)c(C)c3c1c2[C@@H](N=[N+]=[N-])CC3. The van der Waals surface area contributed by atoms with E-state index in [1.165, 1.54) is 10.6 Å². The lowest BCUT2D eigenvalue weighted by molar-refractivity contribution is -0.172. The number of carbonyl (C=O) groups is 1. The molecule has 1 aromatic carbocycles. The van der Waals surface area contributed by atoms with Gasteiger partial charge in [-0.15, -0.1) is 0 Å². The van der Waals surface area contributed by atoms with Gasteiger partial charge in [0.1, 0.15) is 12.4 Å². The quantitative estimate of drug-likeness (QED) is 0.210. The van der Waals surface area contributed by atoms with Crippen LogP contribution in [0.15, 0.2) is 22.0 Å². The maximum Gasteiger partial charge on any atom is 0.343 e. The number of ether oxygens (including phenoxy) is 1. The standard InChI is InChI=1S/C24H20FN5O4/c1-3-24(33)14-6-18-21-12(8-30(18)22(31)13(14)9-34-23(24)32)20-16(28-29-26)5-4-11-10(2)15(25)7-17(27-21)19(11)20/h6-7,16,33H,3-5,8-9H2,1-2H3/t16-,24-/m0/s1. The molecule has 3 aromatic rings. The number of rotatable bonds is 2. The second kappa shape index (κ2) is 6.88. The zero-order valence-corrected chi connectivity index (χ0v) is 18.6. The number of aromatic nitrogens is 2. The molecule has 0 saturated carbocycles. The molecule has 9 nitrogen and oxygen atoms in total. The third-order valence-corrected chi connectivity index (χ3v) is 7.54. The summed E-state index contributed by atoms with van der Waals surface area (Å²) in [6, 6.07) is 2.52. The van der Waals surface area contributed by atoms with Crippen molar-refractivity contribution in [3.8, 4) is 11.4 Å². The van der Waals surface area contributed by atoms with Crippen LogP contribution in [0.4, 0.5) is 4.39 Å². The number of pyridine rings is 2. The number of hydrogen-bond acceptors (Lipinski definition) is 6. The van der Waals surface area contributed by atoms with Crippen LogP contribution in [0, 0.1) is 12.7 Å². The molecule has 1 N–H and O–H groups in total. The third-order valence-electron chi connectivity index (χ3n) is 7.54. The van der Waals surface area contributed by atoms with Crippen molar-refractivity contribution in [2.75, 3.05) is 0 Å². The molecule has 10 heteroatoms.